The van der Waals surface area contributed by atoms with E-state index in [1.54, 1.807) is 12.1 Å². The molecule has 2 aliphatic rings. The van der Waals surface area contributed by atoms with Gasteiger partial charge in [0.05, 0.1) is 22.6 Å². The second-order valence-electron chi connectivity index (χ2n) is 14.3. The van der Waals surface area contributed by atoms with Crippen LogP contribution in [-0.2, 0) is 5.41 Å². The van der Waals surface area contributed by atoms with Gasteiger partial charge >= 0.3 is 0 Å². The number of nitrogens with zero attached hydrogens (tertiary/aromatic N) is 1. The monoisotopic (exact) mass is 659 g/mol. The van der Waals surface area contributed by atoms with E-state index in [1.807, 2.05) is 48.5 Å². The van der Waals surface area contributed by atoms with Crippen LogP contribution < -0.4 is 4.90 Å². The van der Waals surface area contributed by atoms with Gasteiger partial charge in [-0.15, -0.1) is 0 Å². The van der Waals surface area contributed by atoms with Gasteiger partial charge in [-0.25, -0.2) is 4.39 Å². The predicted molar refractivity (Wildman–Crippen MR) is 206 cm³/mol. The number of rotatable bonds is 2. The zero-order valence-corrected chi connectivity index (χ0v) is 28.0. The van der Waals surface area contributed by atoms with Gasteiger partial charge in [0, 0.05) is 21.9 Å². The SMILES string of the molecule is CC1(C)c2cc3cc(F)ccc3cc2N(c2cccc3ccccc23)c2cc3ccc(C=C4C(=O)c5cc6ccccc6cc5C4=O)cc3cc21. The number of anilines is 3. The number of fused-ring (bicyclic) bond motifs is 7. The Morgan fingerprint density at radius 3 is 1.73 bits per heavy atom. The number of benzene rings is 8. The number of carbonyl (C=O) groups is 2. The van der Waals surface area contributed by atoms with Crippen LogP contribution in [0.2, 0.25) is 0 Å². The van der Waals surface area contributed by atoms with Crippen molar-refractivity contribution in [2.45, 2.75) is 19.3 Å². The van der Waals surface area contributed by atoms with Crippen molar-refractivity contribution < 1.29 is 14.0 Å². The lowest BCUT2D eigenvalue weighted by Gasteiger charge is -2.43. The third-order valence-electron chi connectivity index (χ3n) is 10.9. The molecule has 0 unspecified atom stereocenters. The second-order valence-corrected chi connectivity index (χ2v) is 14.3. The number of hydrogen-bond acceptors (Lipinski definition) is 3. The molecule has 0 atom stereocenters. The van der Waals surface area contributed by atoms with Gasteiger partial charge < -0.3 is 4.90 Å². The summed E-state index contributed by atoms with van der Waals surface area (Å²) < 4.78 is 14.5. The van der Waals surface area contributed by atoms with Crippen LogP contribution in [0.5, 0.6) is 0 Å². The Bertz CT molecular complexity index is 2840. The minimum absolute atomic E-state index is 0.188. The fourth-order valence-corrected chi connectivity index (χ4v) is 8.27. The number of hydrogen-bond donors (Lipinski definition) is 0. The quantitative estimate of drug-likeness (QED) is 0.137. The molecule has 0 radical (unpaired) electrons. The molecule has 10 rings (SSSR count). The van der Waals surface area contributed by atoms with Crippen molar-refractivity contribution in [1.82, 2.24) is 0 Å². The Balaban J connectivity index is 1.16. The van der Waals surface area contributed by atoms with Gasteiger partial charge in [-0.3, -0.25) is 9.59 Å². The zero-order chi connectivity index (χ0) is 34.6. The van der Waals surface area contributed by atoms with E-state index in [2.05, 4.69) is 97.6 Å². The van der Waals surface area contributed by atoms with E-state index in [0.717, 1.165) is 76.8 Å². The van der Waals surface area contributed by atoms with E-state index in [-0.39, 0.29) is 23.0 Å². The van der Waals surface area contributed by atoms with Crippen LogP contribution in [0.15, 0.2) is 145 Å². The van der Waals surface area contributed by atoms with Crippen LogP contribution >= 0.6 is 0 Å². The van der Waals surface area contributed by atoms with Crippen molar-refractivity contribution in [1.29, 1.82) is 0 Å². The van der Waals surface area contributed by atoms with Crippen molar-refractivity contribution in [2.24, 2.45) is 0 Å². The highest BCUT2D eigenvalue weighted by atomic mass is 19.1. The number of allylic oxidation sites excluding steroid dienone is 1. The molecule has 0 N–H and O–H groups in total. The first kappa shape index (κ1) is 29.5. The average Bonchev–Trinajstić information content (AvgIpc) is 3.36. The fraction of sp³-hybridized carbons (Fsp3) is 0.0638. The Morgan fingerprint density at radius 2 is 1.06 bits per heavy atom. The van der Waals surface area contributed by atoms with Crippen LogP contribution in [0.1, 0.15) is 51.3 Å². The molecule has 0 amide bonds. The summed E-state index contributed by atoms with van der Waals surface area (Å²) in [7, 11) is 0. The maximum absolute atomic E-state index is 14.5. The molecule has 0 fully saturated rings. The molecule has 8 aromatic rings. The van der Waals surface area contributed by atoms with Gasteiger partial charge in [-0.1, -0.05) is 92.7 Å². The molecule has 0 bridgehead atoms. The van der Waals surface area contributed by atoms with E-state index in [4.69, 9.17) is 0 Å². The lowest BCUT2D eigenvalue weighted by Crippen LogP contribution is -2.30. The molecule has 51 heavy (non-hydrogen) atoms. The molecule has 1 aliphatic carbocycles. The number of carbonyl (C=O) groups excluding carboxylic acids is 2. The summed E-state index contributed by atoms with van der Waals surface area (Å²) in [5, 5.41) is 8.05. The van der Waals surface area contributed by atoms with Gasteiger partial charge in [0.15, 0.2) is 11.6 Å². The number of Topliss-reactive ketones (excluding diaryl/α,β-unsaturated/α-hetero) is 2. The summed E-state index contributed by atoms with van der Waals surface area (Å²) in [6.45, 7) is 4.45. The van der Waals surface area contributed by atoms with E-state index in [9.17, 15) is 14.0 Å². The van der Waals surface area contributed by atoms with Crippen LogP contribution in [-0.4, -0.2) is 11.6 Å². The van der Waals surface area contributed by atoms with Crippen molar-refractivity contribution in [3.8, 4) is 0 Å². The maximum Gasteiger partial charge on any atom is 0.197 e. The first-order valence-corrected chi connectivity index (χ1v) is 17.2. The zero-order valence-electron chi connectivity index (χ0n) is 28.0. The van der Waals surface area contributed by atoms with Crippen molar-refractivity contribution in [2.75, 3.05) is 4.90 Å². The van der Waals surface area contributed by atoms with E-state index in [0.29, 0.717) is 11.1 Å². The third kappa shape index (κ3) is 4.36. The Hall–Kier alpha value is -6.39. The topological polar surface area (TPSA) is 37.4 Å². The average molecular weight is 660 g/mol. The lowest BCUT2D eigenvalue weighted by molar-refractivity contribution is 0.0990. The minimum atomic E-state index is -0.435. The highest BCUT2D eigenvalue weighted by Crippen LogP contribution is 2.54. The standard InChI is InChI=1S/C47H30FNO2/c1-47(2)40-23-33-18-27(19-39-45(50)37-21-29-9-3-4-10-30(29)22-38(37)46(39)51)14-15-31(33)25-43(40)49(42-13-7-11-28-8-5-6-12-36(28)42)44-26-32-16-17-35(48)20-34(32)24-41(44)47/h3-26H,1-2H3. The smallest absolute Gasteiger partial charge is 0.197 e. The summed E-state index contributed by atoms with van der Waals surface area (Å²) in [5.74, 6) is -0.734. The van der Waals surface area contributed by atoms with Crippen LogP contribution in [0.3, 0.4) is 0 Å². The largest absolute Gasteiger partial charge is 0.309 e. The maximum atomic E-state index is 14.5. The Kier molecular flexibility index (Phi) is 6.11. The van der Waals surface area contributed by atoms with Gasteiger partial charge in [0.1, 0.15) is 5.82 Å². The Labute approximate surface area is 293 Å². The van der Waals surface area contributed by atoms with E-state index < -0.39 is 5.41 Å². The molecule has 0 saturated heterocycles. The third-order valence-corrected chi connectivity index (χ3v) is 10.9. The van der Waals surface area contributed by atoms with Crippen molar-refractivity contribution in [3.05, 3.63) is 179 Å². The molecule has 1 aliphatic heterocycles. The minimum Gasteiger partial charge on any atom is -0.309 e. The summed E-state index contributed by atoms with van der Waals surface area (Å²) in [5.41, 5.74) is 6.90. The van der Waals surface area contributed by atoms with E-state index in [1.165, 1.54) is 6.07 Å². The first-order valence-electron chi connectivity index (χ1n) is 17.2. The van der Waals surface area contributed by atoms with Gasteiger partial charge in [-0.2, -0.15) is 0 Å². The number of ketones is 2. The molecule has 0 aromatic heterocycles. The summed E-state index contributed by atoms with van der Waals surface area (Å²) in [6.07, 6.45) is 1.73. The van der Waals surface area contributed by atoms with Crippen LogP contribution in [0, 0.1) is 5.82 Å². The first-order chi connectivity index (χ1) is 24.7. The van der Waals surface area contributed by atoms with E-state index >= 15 is 0 Å². The normalized spacial score (nSPS) is 14.7. The molecule has 4 heteroatoms. The lowest BCUT2D eigenvalue weighted by atomic mass is 9.72. The van der Waals surface area contributed by atoms with Crippen LogP contribution in [0.25, 0.3) is 49.2 Å². The van der Waals surface area contributed by atoms with Crippen LogP contribution in [0.4, 0.5) is 21.5 Å². The molecular weight excluding hydrogens is 630 g/mol. The Morgan fingerprint density at radius 1 is 0.510 bits per heavy atom. The van der Waals surface area contributed by atoms with Crippen molar-refractivity contribution in [3.63, 3.8) is 0 Å². The number of halogens is 1. The highest BCUT2D eigenvalue weighted by Gasteiger charge is 2.38. The summed E-state index contributed by atoms with van der Waals surface area (Å²) in [6, 6.07) is 46.2. The summed E-state index contributed by atoms with van der Waals surface area (Å²) in [4.78, 5) is 29.5. The highest BCUT2D eigenvalue weighted by molar-refractivity contribution is 6.42. The molecule has 0 saturated carbocycles. The van der Waals surface area contributed by atoms with Crippen molar-refractivity contribution >= 4 is 77.8 Å². The molecular formula is C47H30FNO2. The van der Waals surface area contributed by atoms with Gasteiger partial charge in [0.25, 0.3) is 0 Å². The molecule has 1 heterocycles. The van der Waals surface area contributed by atoms with Gasteiger partial charge in [-0.05, 0) is 121 Å². The molecule has 242 valence electrons. The fourth-order valence-electron chi connectivity index (χ4n) is 8.27. The summed E-state index contributed by atoms with van der Waals surface area (Å²) >= 11 is 0. The van der Waals surface area contributed by atoms with Gasteiger partial charge in [0.2, 0.25) is 0 Å². The molecule has 0 spiro atoms. The predicted octanol–water partition coefficient (Wildman–Crippen LogP) is 12.0. The second kappa shape index (κ2) is 10.6. The molecule has 3 nitrogen and oxygen atoms in total. The molecule has 8 aromatic carbocycles.